The molecule has 33 heavy (non-hydrogen) atoms. The van der Waals surface area contributed by atoms with Crippen LogP contribution in [0.25, 0.3) is 11.1 Å². The van der Waals surface area contributed by atoms with E-state index < -0.39 is 5.97 Å². The van der Waals surface area contributed by atoms with Crippen LogP contribution >= 0.6 is 23.1 Å². The quantitative estimate of drug-likeness (QED) is 0.478. The number of hydrogen-bond acceptors (Lipinski definition) is 5. The average Bonchev–Trinajstić information content (AvgIpc) is 3.42. The van der Waals surface area contributed by atoms with Crippen molar-refractivity contribution in [1.82, 2.24) is 9.88 Å². The van der Waals surface area contributed by atoms with Crippen LogP contribution < -0.4 is 5.32 Å². The second-order valence-electron chi connectivity index (χ2n) is 8.18. The van der Waals surface area contributed by atoms with Gasteiger partial charge in [0, 0.05) is 16.3 Å². The zero-order valence-electron chi connectivity index (χ0n) is 18.3. The molecule has 1 fully saturated rings. The number of thioether (sulfide) groups is 1. The number of carbonyl (C=O) groups is 2. The molecule has 6 nitrogen and oxygen atoms in total. The van der Waals surface area contributed by atoms with Crippen molar-refractivity contribution in [3.63, 3.8) is 0 Å². The van der Waals surface area contributed by atoms with E-state index in [0.29, 0.717) is 15.6 Å². The highest BCUT2D eigenvalue weighted by atomic mass is 32.2. The fourth-order valence-corrected chi connectivity index (χ4v) is 6.74. The number of nitrogens with zero attached hydrogens (tertiary/aromatic N) is 2. The van der Waals surface area contributed by atoms with Gasteiger partial charge in [-0.1, -0.05) is 18.2 Å². The summed E-state index contributed by atoms with van der Waals surface area (Å²) in [5.41, 5.74) is 4.97. The fraction of sp³-hybridized carbons (Fsp3) is 0.240. The van der Waals surface area contributed by atoms with E-state index in [0.717, 1.165) is 58.9 Å². The molecular formula is C25H23N3O3S2. The lowest BCUT2D eigenvalue weighted by Crippen LogP contribution is -2.19. The summed E-state index contributed by atoms with van der Waals surface area (Å²) in [6.07, 6.45) is 5.76. The highest BCUT2D eigenvalue weighted by Gasteiger charge is 2.28. The Hall–Kier alpha value is -3.10. The van der Waals surface area contributed by atoms with Crippen LogP contribution in [0.2, 0.25) is 0 Å². The number of aliphatic imine (C=N–C) groups is 1. The van der Waals surface area contributed by atoms with Gasteiger partial charge in [0.2, 0.25) is 0 Å². The smallest absolute Gasteiger partial charge is 0.339 e. The monoisotopic (exact) mass is 477 g/mol. The van der Waals surface area contributed by atoms with Gasteiger partial charge in [0.15, 0.2) is 5.17 Å². The molecule has 3 heterocycles. The number of amidine groups is 1. The number of aryl methyl sites for hydroxylation is 2. The number of aromatic nitrogens is 1. The Morgan fingerprint density at radius 3 is 2.70 bits per heavy atom. The van der Waals surface area contributed by atoms with Gasteiger partial charge in [0.25, 0.3) is 5.91 Å². The molecule has 0 bridgehead atoms. The summed E-state index contributed by atoms with van der Waals surface area (Å²) in [4.78, 5) is 31.0. The minimum absolute atomic E-state index is 0.183. The normalized spacial score (nSPS) is 18.1. The van der Waals surface area contributed by atoms with Crippen LogP contribution in [0.3, 0.4) is 0 Å². The summed E-state index contributed by atoms with van der Waals surface area (Å²) in [6.45, 7) is 3.95. The van der Waals surface area contributed by atoms with Gasteiger partial charge < -0.3 is 15.0 Å². The molecule has 0 saturated carbocycles. The molecule has 3 aromatic rings. The van der Waals surface area contributed by atoms with Crippen LogP contribution in [0.15, 0.2) is 46.3 Å². The van der Waals surface area contributed by atoms with Crippen molar-refractivity contribution in [2.24, 2.45) is 4.99 Å². The van der Waals surface area contributed by atoms with Gasteiger partial charge >= 0.3 is 5.97 Å². The number of aromatic carboxylic acids is 1. The minimum atomic E-state index is -0.871. The van der Waals surface area contributed by atoms with Crippen LogP contribution in [0.4, 0.5) is 5.69 Å². The summed E-state index contributed by atoms with van der Waals surface area (Å²) in [5.74, 6) is -1.05. The van der Waals surface area contributed by atoms with Crippen molar-refractivity contribution in [2.45, 2.75) is 39.5 Å². The molecule has 1 aliphatic heterocycles. The molecule has 1 aliphatic carbocycles. The van der Waals surface area contributed by atoms with Crippen molar-refractivity contribution >= 4 is 51.9 Å². The number of fused-ring (bicyclic) bond motifs is 1. The summed E-state index contributed by atoms with van der Waals surface area (Å²) < 4.78 is 2.02. The molecule has 0 spiro atoms. The van der Waals surface area contributed by atoms with Crippen molar-refractivity contribution in [3.05, 3.63) is 74.3 Å². The van der Waals surface area contributed by atoms with Gasteiger partial charge in [-0.05, 0) is 86.7 Å². The Morgan fingerprint density at radius 2 is 1.94 bits per heavy atom. The van der Waals surface area contributed by atoms with Crippen molar-refractivity contribution < 1.29 is 14.7 Å². The van der Waals surface area contributed by atoms with E-state index in [-0.39, 0.29) is 5.91 Å². The molecule has 8 heteroatoms. The topological polar surface area (TPSA) is 83.7 Å². The molecule has 0 unspecified atom stereocenters. The van der Waals surface area contributed by atoms with Gasteiger partial charge in [-0.25, -0.2) is 9.79 Å². The molecular weight excluding hydrogens is 454 g/mol. The summed E-state index contributed by atoms with van der Waals surface area (Å²) >= 11 is 2.90. The van der Waals surface area contributed by atoms with E-state index in [1.54, 1.807) is 11.3 Å². The number of carboxylic acid groups (broad SMARTS) is 1. The Kier molecular flexibility index (Phi) is 5.72. The Bertz CT molecular complexity index is 1330. The number of benzene rings is 1. The first-order valence-electron chi connectivity index (χ1n) is 10.8. The molecule has 2 aliphatic rings. The van der Waals surface area contributed by atoms with E-state index in [9.17, 15) is 14.7 Å². The van der Waals surface area contributed by atoms with Crippen molar-refractivity contribution in [3.8, 4) is 5.00 Å². The van der Waals surface area contributed by atoms with E-state index in [1.165, 1.54) is 16.6 Å². The van der Waals surface area contributed by atoms with Gasteiger partial charge in [-0.2, -0.15) is 0 Å². The molecule has 0 atom stereocenters. The van der Waals surface area contributed by atoms with Crippen LogP contribution in [0.1, 0.15) is 50.6 Å². The predicted octanol–water partition coefficient (Wildman–Crippen LogP) is 5.62. The summed E-state index contributed by atoms with van der Waals surface area (Å²) in [5, 5.41) is 14.1. The molecule has 0 radical (unpaired) electrons. The maximum atomic E-state index is 12.6. The Morgan fingerprint density at radius 1 is 1.18 bits per heavy atom. The van der Waals surface area contributed by atoms with E-state index in [2.05, 4.69) is 10.3 Å². The lowest BCUT2D eigenvalue weighted by molar-refractivity contribution is -0.115. The molecule has 5 rings (SSSR count). The summed E-state index contributed by atoms with van der Waals surface area (Å²) in [6, 6.07) is 11.5. The molecule has 1 aromatic carbocycles. The zero-order chi connectivity index (χ0) is 23.1. The second-order valence-corrected chi connectivity index (χ2v) is 10.3. The average molecular weight is 478 g/mol. The molecule has 2 aromatic heterocycles. The van der Waals surface area contributed by atoms with Crippen LogP contribution in [-0.2, 0) is 17.6 Å². The third kappa shape index (κ3) is 4.05. The molecule has 1 saturated heterocycles. The molecule has 2 N–H and O–H groups in total. The first-order valence-corrected chi connectivity index (χ1v) is 12.5. The van der Waals surface area contributed by atoms with Crippen molar-refractivity contribution in [2.75, 3.05) is 0 Å². The number of carboxylic acids is 1. The van der Waals surface area contributed by atoms with Gasteiger partial charge in [0.1, 0.15) is 5.00 Å². The Labute approximate surface area is 200 Å². The SMILES string of the molecule is Cc1cc(/C=C2\SC(=Nc3ccccc3)NC2=O)c(C)n1-c1sc2c(c1C(=O)O)CCCC2. The predicted molar refractivity (Wildman–Crippen MR) is 134 cm³/mol. The van der Waals surface area contributed by atoms with Gasteiger partial charge in [-0.3, -0.25) is 4.79 Å². The Balaban J connectivity index is 1.52. The largest absolute Gasteiger partial charge is 0.478 e. The highest BCUT2D eigenvalue weighted by molar-refractivity contribution is 8.18. The molecule has 168 valence electrons. The van der Waals surface area contributed by atoms with E-state index in [4.69, 9.17) is 0 Å². The number of thiophene rings is 1. The second kappa shape index (κ2) is 8.68. The third-order valence-corrected chi connectivity index (χ3v) is 8.15. The van der Waals surface area contributed by atoms with Crippen LogP contribution in [0.5, 0.6) is 0 Å². The van der Waals surface area contributed by atoms with Crippen LogP contribution in [-0.4, -0.2) is 26.7 Å². The van der Waals surface area contributed by atoms with Crippen LogP contribution in [0, 0.1) is 13.8 Å². The number of carbonyl (C=O) groups excluding carboxylic acids is 1. The standard InChI is InChI=1S/C25H23N3O3S2/c1-14-12-16(13-20-22(29)27-25(33-20)26-17-8-4-3-5-9-17)15(2)28(14)23-21(24(30)31)18-10-6-7-11-19(18)32-23/h3-5,8-9,12-13H,6-7,10-11H2,1-2H3,(H,30,31)(H,26,27,29)/b20-13-. The first-order chi connectivity index (χ1) is 15.9. The lowest BCUT2D eigenvalue weighted by atomic mass is 9.95. The first kappa shape index (κ1) is 21.7. The maximum Gasteiger partial charge on any atom is 0.339 e. The number of amides is 1. The van der Waals surface area contributed by atoms with Crippen molar-refractivity contribution in [1.29, 1.82) is 0 Å². The fourth-order valence-electron chi connectivity index (χ4n) is 4.42. The summed E-state index contributed by atoms with van der Waals surface area (Å²) in [7, 11) is 0. The van der Waals surface area contributed by atoms with E-state index in [1.807, 2.05) is 60.9 Å². The minimum Gasteiger partial charge on any atom is -0.478 e. The molecule has 1 amide bonds. The number of para-hydroxylation sites is 1. The number of rotatable bonds is 4. The number of nitrogens with one attached hydrogen (secondary N) is 1. The highest BCUT2D eigenvalue weighted by Crippen LogP contribution is 2.39. The van der Waals surface area contributed by atoms with Gasteiger partial charge in [-0.15, -0.1) is 11.3 Å². The van der Waals surface area contributed by atoms with E-state index >= 15 is 0 Å². The number of hydrogen-bond donors (Lipinski definition) is 2. The zero-order valence-corrected chi connectivity index (χ0v) is 20.0. The lowest BCUT2D eigenvalue weighted by Gasteiger charge is -2.11. The van der Waals surface area contributed by atoms with Gasteiger partial charge in [0.05, 0.1) is 16.2 Å². The third-order valence-electron chi connectivity index (χ3n) is 5.96. The maximum absolute atomic E-state index is 12.6.